The van der Waals surface area contributed by atoms with Gasteiger partial charge in [0.2, 0.25) is 5.13 Å². The Morgan fingerprint density at radius 2 is 1.75 bits per heavy atom. The van der Waals surface area contributed by atoms with E-state index in [0.29, 0.717) is 56.7 Å². The number of nitrogens with zero attached hydrogens (tertiary/aromatic N) is 3. The van der Waals surface area contributed by atoms with E-state index < -0.39 is 17.7 Å². The number of ketones is 1. The van der Waals surface area contributed by atoms with Crippen LogP contribution < -0.4 is 19.1 Å². The van der Waals surface area contributed by atoms with Crippen LogP contribution in [0.5, 0.6) is 17.2 Å². The number of aliphatic hydroxyl groups is 1. The number of benzene rings is 4. The molecule has 1 amide bonds. The molecule has 0 bridgehead atoms. The number of carbonyl (C=O) groups is 2. The molecule has 0 spiro atoms. The third-order valence-electron chi connectivity index (χ3n) is 8.48. The maximum absolute atomic E-state index is 13.9. The lowest BCUT2D eigenvalue weighted by Crippen LogP contribution is -2.29. The van der Waals surface area contributed by atoms with E-state index in [1.165, 1.54) is 35.1 Å². The molecule has 4 aromatic carbocycles. The van der Waals surface area contributed by atoms with Crippen LogP contribution in [0.1, 0.15) is 60.0 Å². The highest BCUT2D eigenvalue weighted by Crippen LogP contribution is 2.46. The number of hydrogen-bond donors (Lipinski definition) is 1. The number of anilines is 1. The molecule has 1 aromatic heterocycles. The summed E-state index contributed by atoms with van der Waals surface area (Å²) in [6.45, 7) is 5.04. The fourth-order valence-electron chi connectivity index (χ4n) is 5.80. The molecule has 0 aliphatic carbocycles. The van der Waals surface area contributed by atoms with Crippen LogP contribution in [-0.2, 0) is 21.9 Å². The highest BCUT2D eigenvalue weighted by molar-refractivity contribution is 8.00. The van der Waals surface area contributed by atoms with E-state index in [0.717, 1.165) is 36.0 Å². The maximum atomic E-state index is 13.9. The lowest BCUT2D eigenvalue weighted by Gasteiger charge is -2.23. The summed E-state index contributed by atoms with van der Waals surface area (Å²) in [6, 6.07) is 26.6. The van der Waals surface area contributed by atoms with Gasteiger partial charge in [-0.05, 0) is 72.5 Å². The summed E-state index contributed by atoms with van der Waals surface area (Å²) in [5, 5.41) is 21.3. The highest BCUT2D eigenvalue weighted by atomic mass is 35.5. The lowest BCUT2D eigenvalue weighted by molar-refractivity contribution is -0.132. The molecule has 6 rings (SSSR count). The minimum Gasteiger partial charge on any atom is -0.507 e. The van der Waals surface area contributed by atoms with Crippen molar-refractivity contribution in [3.63, 3.8) is 0 Å². The number of aromatic nitrogens is 2. The number of carbonyl (C=O) groups excluding carboxylic acids is 2. The largest absolute Gasteiger partial charge is 0.507 e. The van der Waals surface area contributed by atoms with Crippen LogP contribution >= 0.6 is 34.7 Å². The molecule has 1 aliphatic rings. The summed E-state index contributed by atoms with van der Waals surface area (Å²) in [7, 11) is 1.53. The summed E-state index contributed by atoms with van der Waals surface area (Å²) in [6.07, 6.45) is 2.99. The molecule has 1 fully saturated rings. The van der Waals surface area contributed by atoms with Gasteiger partial charge < -0.3 is 19.3 Å². The second-order valence-corrected chi connectivity index (χ2v) is 14.8. The minimum atomic E-state index is -1.03. The molecule has 1 N–H and O–H groups in total. The molecule has 1 saturated heterocycles. The summed E-state index contributed by atoms with van der Waals surface area (Å²) < 4.78 is 18.3. The number of thioether (sulfide) groups is 1. The van der Waals surface area contributed by atoms with Crippen molar-refractivity contribution in [1.82, 2.24) is 10.2 Å². The minimum absolute atomic E-state index is 0.0856. The Kier molecular flexibility index (Phi) is 12.2. The number of hydrogen-bond acceptors (Lipinski definition) is 10. The van der Waals surface area contributed by atoms with Crippen molar-refractivity contribution < 1.29 is 28.9 Å². The molecule has 52 heavy (non-hydrogen) atoms. The zero-order valence-corrected chi connectivity index (χ0v) is 31.4. The maximum Gasteiger partial charge on any atom is 0.301 e. The number of halogens is 1. The molecule has 1 aliphatic heterocycles. The monoisotopic (exact) mass is 755 g/mol. The smallest absolute Gasteiger partial charge is 0.301 e. The van der Waals surface area contributed by atoms with Crippen molar-refractivity contribution in [3.05, 3.63) is 129 Å². The summed E-state index contributed by atoms with van der Waals surface area (Å²) in [5.41, 5.74) is 3.89. The lowest BCUT2D eigenvalue weighted by atomic mass is 9.95. The summed E-state index contributed by atoms with van der Waals surface area (Å²) in [4.78, 5) is 29.0. The molecule has 1 atom stereocenters. The van der Waals surface area contributed by atoms with E-state index in [9.17, 15) is 14.7 Å². The Bertz CT molecular complexity index is 2080. The van der Waals surface area contributed by atoms with E-state index in [2.05, 4.69) is 23.2 Å². The van der Waals surface area contributed by atoms with E-state index in [1.807, 2.05) is 49.4 Å². The number of amides is 1. The third-order valence-corrected chi connectivity index (χ3v) is 11.0. The van der Waals surface area contributed by atoms with Crippen LogP contribution in [0.4, 0.5) is 5.13 Å². The zero-order valence-electron chi connectivity index (χ0n) is 29.0. The quantitative estimate of drug-likeness (QED) is 0.0279. The second kappa shape index (κ2) is 17.1. The van der Waals surface area contributed by atoms with Crippen LogP contribution in [0.2, 0.25) is 5.02 Å². The van der Waals surface area contributed by atoms with Crippen molar-refractivity contribution in [1.29, 1.82) is 0 Å². The van der Waals surface area contributed by atoms with Gasteiger partial charge in [0.25, 0.3) is 5.78 Å². The molecular weight excluding hydrogens is 718 g/mol. The van der Waals surface area contributed by atoms with E-state index >= 15 is 0 Å². The fraction of sp³-hybridized carbons (Fsp3) is 0.250. The third kappa shape index (κ3) is 8.44. The van der Waals surface area contributed by atoms with Gasteiger partial charge in [-0.2, -0.15) is 0 Å². The molecule has 5 aromatic rings. The Hall–Kier alpha value is -4.84. The van der Waals surface area contributed by atoms with Gasteiger partial charge in [-0.3, -0.25) is 14.5 Å². The first-order valence-corrected chi connectivity index (χ1v) is 19.1. The van der Waals surface area contributed by atoms with Gasteiger partial charge in [0.15, 0.2) is 15.8 Å². The summed E-state index contributed by atoms with van der Waals surface area (Å²) >= 11 is 8.96. The summed E-state index contributed by atoms with van der Waals surface area (Å²) in [5.74, 6) is 0.0948. The number of unbranched alkanes of at least 4 members (excludes halogenated alkanes) is 2. The van der Waals surface area contributed by atoms with Gasteiger partial charge >= 0.3 is 5.91 Å². The highest BCUT2D eigenvalue weighted by Gasteiger charge is 2.48. The standard InChI is InChI=1S/C40H38ClN3O6S2/c1-4-5-8-20-49-32-19-16-28(22-33(32)48-3)35-34(36(45)27-14-17-30(18-15-27)50-23-26-11-9-10-25(2)21-26)37(46)38(47)44(35)39-42-43-40(52-39)51-24-29-12-6-7-13-31(29)41/h6-7,9-19,21-22,35,45H,4-5,8,20,23-24H2,1-3H3. The van der Waals surface area contributed by atoms with Crippen LogP contribution in [-0.4, -0.2) is 40.7 Å². The van der Waals surface area contributed by atoms with Crippen molar-refractivity contribution in [2.24, 2.45) is 0 Å². The first kappa shape index (κ1) is 36.9. The van der Waals surface area contributed by atoms with Gasteiger partial charge in [-0.1, -0.05) is 109 Å². The van der Waals surface area contributed by atoms with Gasteiger partial charge in [0.05, 0.1) is 25.3 Å². The molecule has 2 heterocycles. The zero-order chi connectivity index (χ0) is 36.6. The van der Waals surface area contributed by atoms with E-state index in [4.69, 9.17) is 25.8 Å². The van der Waals surface area contributed by atoms with Gasteiger partial charge in [-0.15, -0.1) is 10.2 Å². The Balaban J connectivity index is 1.33. The Morgan fingerprint density at radius 1 is 0.942 bits per heavy atom. The fourth-order valence-corrected chi connectivity index (χ4v) is 7.95. The predicted octanol–water partition coefficient (Wildman–Crippen LogP) is 9.58. The first-order chi connectivity index (χ1) is 25.3. The van der Waals surface area contributed by atoms with Gasteiger partial charge in [0.1, 0.15) is 18.1 Å². The number of ether oxygens (including phenoxy) is 3. The SMILES string of the molecule is CCCCCOc1ccc(C2C(=C(O)c3ccc(OCc4cccc(C)c4)cc3)C(=O)C(=O)N2c2nnc(SCc3ccccc3Cl)s2)cc1OC. The van der Waals surface area contributed by atoms with Gasteiger partial charge in [0, 0.05) is 16.3 Å². The molecular formula is C40H38ClN3O6S2. The van der Waals surface area contributed by atoms with Crippen molar-refractivity contribution in [3.8, 4) is 17.2 Å². The molecule has 0 saturated carbocycles. The Morgan fingerprint density at radius 3 is 2.50 bits per heavy atom. The number of aryl methyl sites for hydroxylation is 1. The van der Waals surface area contributed by atoms with Gasteiger partial charge in [-0.25, -0.2) is 0 Å². The van der Waals surface area contributed by atoms with Crippen LogP contribution in [0.15, 0.2) is 101 Å². The normalized spacial score (nSPS) is 15.2. The molecule has 12 heteroatoms. The van der Waals surface area contributed by atoms with Crippen molar-refractivity contribution in [2.75, 3.05) is 18.6 Å². The second-order valence-electron chi connectivity index (χ2n) is 12.2. The molecule has 0 radical (unpaired) electrons. The molecule has 1 unspecified atom stereocenters. The van der Waals surface area contributed by atoms with E-state index in [1.54, 1.807) is 42.5 Å². The number of aliphatic hydroxyl groups excluding tert-OH is 1. The average molecular weight is 756 g/mol. The van der Waals surface area contributed by atoms with Crippen LogP contribution in [0.25, 0.3) is 5.76 Å². The van der Waals surface area contributed by atoms with Crippen LogP contribution in [0.3, 0.4) is 0 Å². The molecule has 9 nitrogen and oxygen atoms in total. The predicted molar refractivity (Wildman–Crippen MR) is 206 cm³/mol. The van der Waals surface area contributed by atoms with Crippen molar-refractivity contribution in [2.45, 2.75) is 55.9 Å². The number of methoxy groups -OCH3 is 1. The van der Waals surface area contributed by atoms with Crippen molar-refractivity contribution >= 4 is 57.3 Å². The average Bonchev–Trinajstić information content (AvgIpc) is 3.73. The number of Topliss-reactive ketones (excluding diaryl/α,β-unsaturated/α-hetero) is 1. The van der Waals surface area contributed by atoms with E-state index in [-0.39, 0.29) is 16.5 Å². The Labute approximate surface area is 316 Å². The first-order valence-electron chi connectivity index (χ1n) is 16.9. The van der Waals surface area contributed by atoms with Crippen LogP contribution in [0, 0.1) is 6.92 Å². The topological polar surface area (TPSA) is 111 Å². The molecule has 268 valence electrons. The number of rotatable bonds is 15.